The van der Waals surface area contributed by atoms with E-state index in [0.29, 0.717) is 17.0 Å². The molecular formula is C25H25N3O2S. The van der Waals surface area contributed by atoms with Crippen LogP contribution in [0.2, 0.25) is 0 Å². The van der Waals surface area contributed by atoms with E-state index in [-0.39, 0.29) is 11.2 Å². The highest BCUT2D eigenvalue weighted by molar-refractivity contribution is 8.00. The van der Waals surface area contributed by atoms with Crippen LogP contribution in [0, 0.1) is 25.2 Å². The van der Waals surface area contributed by atoms with E-state index < -0.39 is 0 Å². The zero-order valence-electron chi connectivity index (χ0n) is 18.1. The van der Waals surface area contributed by atoms with E-state index in [0.717, 1.165) is 33.8 Å². The highest BCUT2D eigenvalue weighted by Gasteiger charge is 2.21. The van der Waals surface area contributed by atoms with Crippen molar-refractivity contribution in [2.75, 3.05) is 12.4 Å². The van der Waals surface area contributed by atoms with Gasteiger partial charge in [0.15, 0.2) is 0 Å². The molecule has 0 spiro atoms. The highest BCUT2D eigenvalue weighted by Crippen LogP contribution is 2.31. The van der Waals surface area contributed by atoms with Gasteiger partial charge in [-0.3, -0.25) is 4.79 Å². The number of ether oxygens (including phenoxy) is 1. The maximum atomic E-state index is 13.0. The number of aryl methyl sites for hydroxylation is 2. The van der Waals surface area contributed by atoms with Crippen LogP contribution in [-0.4, -0.2) is 23.3 Å². The molecule has 0 aliphatic heterocycles. The summed E-state index contributed by atoms with van der Waals surface area (Å²) in [5, 5.41) is 12.8. The Morgan fingerprint density at radius 3 is 2.55 bits per heavy atom. The van der Waals surface area contributed by atoms with E-state index in [1.165, 1.54) is 11.8 Å². The van der Waals surface area contributed by atoms with E-state index in [4.69, 9.17) is 9.72 Å². The molecule has 5 nitrogen and oxygen atoms in total. The third kappa shape index (κ3) is 5.44. The third-order valence-corrected chi connectivity index (χ3v) is 6.30. The average molecular weight is 432 g/mol. The predicted octanol–water partition coefficient (Wildman–Crippen LogP) is 5.76. The summed E-state index contributed by atoms with van der Waals surface area (Å²) in [5.41, 5.74) is 5.03. The standard InChI is InChI=1S/C25H25N3O2S/c1-5-23(24(29)27-22-14-16(2)6-7-17(22)3)31-25-19(15-26)10-13-21(28-25)18-8-11-20(30-4)12-9-18/h6-14,23H,5H2,1-4H3,(H,27,29). The summed E-state index contributed by atoms with van der Waals surface area (Å²) in [6.07, 6.45) is 0.612. The first-order valence-electron chi connectivity index (χ1n) is 10.1. The molecule has 31 heavy (non-hydrogen) atoms. The third-order valence-electron chi connectivity index (χ3n) is 4.93. The van der Waals surface area contributed by atoms with Crippen molar-refractivity contribution >= 4 is 23.4 Å². The van der Waals surface area contributed by atoms with Crippen LogP contribution < -0.4 is 10.1 Å². The topological polar surface area (TPSA) is 75.0 Å². The number of nitrogens with one attached hydrogen (secondary N) is 1. The molecule has 158 valence electrons. The number of nitrogens with zero attached hydrogens (tertiary/aromatic N) is 2. The van der Waals surface area contributed by atoms with Gasteiger partial charge in [0.05, 0.1) is 23.6 Å². The first-order chi connectivity index (χ1) is 14.9. The van der Waals surface area contributed by atoms with Gasteiger partial charge in [0.1, 0.15) is 16.8 Å². The van der Waals surface area contributed by atoms with Crippen molar-refractivity contribution in [3.05, 3.63) is 71.3 Å². The largest absolute Gasteiger partial charge is 0.497 e. The van der Waals surface area contributed by atoms with E-state index in [2.05, 4.69) is 11.4 Å². The van der Waals surface area contributed by atoms with Crippen LogP contribution in [0.4, 0.5) is 5.69 Å². The molecule has 2 aromatic carbocycles. The van der Waals surface area contributed by atoms with Gasteiger partial charge in [-0.1, -0.05) is 30.8 Å². The number of amides is 1. The van der Waals surface area contributed by atoms with Gasteiger partial charge in [0.25, 0.3) is 0 Å². The lowest BCUT2D eigenvalue weighted by Crippen LogP contribution is -2.25. The maximum absolute atomic E-state index is 13.0. The smallest absolute Gasteiger partial charge is 0.237 e. The maximum Gasteiger partial charge on any atom is 0.237 e. The number of pyridine rings is 1. The molecule has 3 rings (SSSR count). The van der Waals surface area contributed by atoms with Gasteiger partial charge < -0.3 is 10.1 Å². The summed E-state index contributed by atoms with van der Waals surface area (Å²) < 4.78 is 5.21. The molecule has 1 unspecified atom stereocenters. The molecule has 1 aromatic heterocycles. The van der Waals surface area contributed by atoms with E-state index in [9.17, 15) is 10.1 Å². The van der Waals surface area contributed by atoms with Gasteiger partial charge >= 0.3 is 0 Å². The van der Waals surface area contributed by atoms with Gasteiger partial charge in [-0.25, -0.2) is 4.98 Å². The fourth-order valence-electron chi connectivity index (χ4n) is 3.08. The van der Waals surface area contributed by atoms with Gasteiger partial charge in [-0.15, -0.1) is 0 Å². The number of methoxy groups -OCH3 is 1. The molecule has 1 N–H and O–H groups in total. The van der Waals surface area contributed by atoms with Crippen molar-refractivity contribution in [1.29, 1.82) is 5.26 Å². The van der Waals surface area contributed by atoms with Gasteiger partial charge in [0, 0.05) is 11.3 Å². The molecule has 6 heteroatoms. The molecule has 0 radical (unpaired) electrons. The summed E-state index contributed by atoms with van der Waals surface area (Å²) in [4.78, 5) is 17.7. The van der Waals surface area contributed by atoms with Crippen molar-refractivity contribution in [2.45, 2.75) is 37.5 Å². The van der Waals surface area contributed by atoms with Crippen LogP contribution >= 0.6 is 11.8 Å². The van der Waals surface area contributed by atoms with Crippen molar-refractivity contribution in [3.8, 4) is 23.1 Å². The first kappa shape index (κ1) is 22.4. The number of anilines is 1. The average Bonchev–Trinajstić information content (AvgIpc) is 2.79. The molecule has 0 aliphatic rings. The number of hydrogen-bond donors (Lipinski definition) is 1. The summed E-state index contributed by atoms with van der Waals surface area (Å²) in [6.45, 7) is 5.92. The van der Waals surface area contributed by atoms with Crippen molar-refractivity contribution in [2.24, 2.45) is 0 Å². The Morgan fingerprint density at radius 2 is 1.90 bits per heavy atom. The minimum Gasteiger partial charge on any atom is -0.497 e. The SMILES string of the molecule is CCC(Sc1nc(-c2ccc(OC)cc2)ccc1C#N)C(=O)Nc1cc(C)ccc1C. The normalized spacial score (nSPS) is 11.5. The zero-order valence-corrected chi connectivity index (χ0v) is 18.9. The number of nitriles is 1. The number of thioether (sulfide) groups is 1. The Kier molecular flexibility index (Phi) is 7.32. The van der Waals surface area contributed by atoms with Gasteiger partial charge in [-0.05, 0) is 73.9 Å². The minimum atomic E-state index is -0.370. The lowest BCUT2D eigenvalue weighted by atomic mass is 10.1. The van der Waals surface area contributed by atoms with E-state index in [1.807, 2.05) is 69.3 Å². The second-order valence-corrected chi connectivity index (χ2v) is 8.40. The number of aromatic nitrogens is 1. The van der Waals surface area contributed by atoms with E-state index in [1.54, 1.807) is 13.2 Å². The van der Waals surface area contributed by atoms with Gasteiger partial charge in [0.2, 0.25) is 5.91 Å². The lowest BCUT2D eigenvalue weighted by molar-refractivity contribution is -0.115. The first-order valence-corrected chi connectivity index (χ1v) is 10.9. The Bertz CT molecular complexity index is 1120. The van der Waals surface area contributed by atoms with Crippen LogP contribution in [-0.2, 0) is 4.79 Å². The molecule has 0 bridgehead atoms. The number of hydrogen-bond acceptors (Lipinski definition) is 5. The number of rotatable bonds is 7. The Hall–Kier alpha value is -3.30. The quantitative estimate of drug-likeness (QED) is 0.482. The fourth-order valence-corrected chi connectivity index (χ4v) is 4.07. The van der Waals surface area contributed by atoms with Crippen LogP contribution in [0.15, 0.2) is 59.6 Å². The Balaban J connectivity index is 1.85. The zero-order chi connectivity index (χ0) is 22.4. The van der Waals surface area contributed by atoms with Gasteiger partial charge in [-0.2, -0.15) is 5.26 Å². The number of carbonyl (C=O) groups is 1. The number of benzene rings is 2. The van der Waals surface area contributed by atoms with Crippen LogP contribution in [0.1, 0.15) is 30.0 Å². The molecule has 0 aliphatic carbocycles. The molecule has 0 fully saturated rings. The summed E-state index contributed by atoms with van der Waals surface area (Å²) in [5.74, 6) is 0.669. The molecule has 3 aromatic rings. The molecule has 1 amide bonds. The molecule has 0 saturated heterocycles. The van der Waals surface area contributed by atoms with Crippen molar-refractivity contribution in [1.82, 2.24) is 4.98 Å². The summed E-state index contributed by atoms with van der Waals surface area (Å²) in [6, 6.07) is 19.3. The molecular weight excluding hydrogens is 406 g/mol. The number of carbonyl (C=O) groups excluding carboxylic acids is 1. The Morgan fingerprint density at radius 1 is 1.16 bits per heavy atom. The Labute approximate surface area is 187 Å². The van der Waals surface area contributed by atoms with Crippen LogP contribution in [0.25, 0.3) is 11.3 Å². The minimum absolute atomic E-state index is 0.0956. The van der Waals surface area contributed by atoms with Crippen molar-refractivity contribution in [3.63, 3.8) is 0 Å². The molecule has 0 saturated carbocycles. The second kappa shape index (κ2) is 10.1. The molecule has 1 atom stereocenters. The highest BCUT2D eigenvalue weighted by atomic mass is 32.2. The van der Waals surface area contributed by atoms with Crippen LogP contribution in [0.5, 0.6) is 5.75 Å². The summed E-state index contributed by atoms with van der Waals surface area (Å²) >= 11 is 1.32. The molecule has 1 heterocycles. The summed E-state index contributed by atoms with van der Waals surface area (Å²) in [7, 11) is 1.62. The van der Waals surface area contributed by atoms with Crippen LogP contribution in [0.3, 0.4) is 0 Å². The monoisotopic (exact) mass is 431 g/mol. The fraction of sp³-hybridized carbons (Fsp3) is 0.240. The van der Waals surface area contributed by atoms with E-state index >= 15 is 0 Å². The second-order valence-electron chi connectivity index (χ2n) is 7.21. The predicted molar refractivity (Wildman–Crippen MR) is 125 cm³/mol. The van der Waals surface area contributed by atoms with Crippen molar-refractivity contribution < 1.29 is 9.53 Å². The lowest BCUT2D eigenvalue weighted by Gasteiger charge is -2.17.